The van der Waals surface area contributed by atoms with Crippen LogP contribution in [0.2, 0.25) is 5.02 Å². The van der Waals surface area contributed by atoms with Crippen molar-refractivity contribution in [3.8, 4) is 5.75 Å². The third-order valence-corrected chi connectivity index (χ3v) is 4.53. The van der Waals surface area contributed by atoms with E-state index in [9.17, 15) is 14.4 Å². The maximum absolute atomic E-state index is 12.2. The number of hydrogen-bond donors (Lipinski definition) is 1. The SMILES string of the molecule is CC(=O)c1c(C)[nH]c(C(=O)COC(=O)COc2ccc(Cl)cc2Br)c1C. The summed E-state index contributed by atoms with van der Waals surface area (Å²) >= 11 is 9.10. The van der Waals surface area contributed by atoms with Gasteiger partial charge >= 0.3 is 5.97 Å². The highest BCUT2D eigenvalue weighted by atomic mass is 79.9. The summed E-state index contributed by atoms with van der Waals surface area (Å²) in [5.74, 6) is -0.805. The van der Waals surface area contributed by atoms with Crippen LogP contribution in [-0.2, 0) is 9.53 Å². The van der Waals surface area contributed by atoms with Crippen LogP contribution in [-0.4, -0.2) is 35.7 Å². The highest BCUT2D eigenvalue weighted by molar-refractivity contribution is 9.10. The normalized spacial score (nSPS) is 10.5. The lowest BCUT2D eigenvalue weighted by Gasteiger charge is -2.08. The molecule has 0 unspecified atom stereocenters. The summed E-state index contributed by atoms with van der Waals surface area (Å²) in [5.41, 5.74) is 1.91. The second kappa shape index (κ2) is 8.51. The summed E-state index contributed by atoms with van der Waals surface area (Å²) in [4.78, 5) is 38.5. The minimum Gasteiger partial charge on any atom is -0.481 e. The smallest absolute Gasteiger partial charge is 0.344 e. The number of aromatic amines is 1. The fourth-order valence-corrected chi connectivity index (χ4v) is 3.34. The molecule has 0 amide bonds. The number of carbonyl (C=O) groups excluding carboxylic acids is 3. The van der Waals surface area contributed by atoms with Gasteiger partial charge in [-0.1, -0.05) is 11.6 Å². The number of aryl methyl sites for hydroxylation is 1. The van der Waals surface area contributed by atoms with Crippen molar-refractivity contribution in [1.82, 2.24) is 4.98 Å². The highest BCUT2D eigenvalue weighted by Crippen LogP contribution is 2.27. The number of Topliss-reactive ketones (excluding diaryl/α,β-unsaturated/α-hetero) is 2. The zero-order valence-electron chi connectivity index (χ0n) is 14.4. The lowest BCUT2D eigenvalue weighted by molar-refractivity contribution is -0.144. The van der Waals surface area contributed by atoms with Gasteiger partial charge in [0.05, 0.1) is 10.2 Å². The number of ketones is 2. The maximum Gasteiger partial charge on any atom is 0.344 e. The van der Waals surface area contributed by atoms with Crippen molar-refractivity contribution in [2.24, 2.45) is 0 Å². The van der Waals surface area contributed by atoms with Gasteiger partial charge in [0, 0.05) is 16.3 Å². The number of esters is 1. The van der Waals surface area contributed by atoms with Crippen LogP contribution in [0.4, 0.5) is 0 Å². The summed E-state index contributed by atoms with van der Waals surface area (Å²) in [7, 11) is 0. The number of aromatic nitrogens is 1. The second-order valence-corrected chi connectivity index (χ2v) is 6.92. The van der Waals surface area contributed by atoms with Crippen LogP contribution in [0.3, 0.4) is 0 Å². The molecule has 0 radical (unpaired) electrons. The number of benzene rings is 1. The predicted molar refractivity (Wildman–Crippen MR) is 100 cm³/mol. The van der Waals surface area contributed by atoms with Gasteiger partial charge in [-0.05, 0) is 60.5 Å². The Morgan fingerprint density at radius 1 is 1.19 bits per heavy atom. The number of hydrogen-bond acceptors (Lipinski definition) is 5. The molecule has 26 heavy (non-hydrogen) atoms. The highest BCUT2D eigenvalue weighted by Gasteiger charge is 2.20. The molecule has 0 atom stereocenters. The molecule has 0 fully saturated rings. The first-order valence-corrected chi connectivity index (χ1v) is 8.84. The topological polar surface area (TPSA) is 85.5 Å². The van der Waals surface area contributed by atoms with Gasteiger partial charge in [0.1, 0.15) is 5.75 Å². The fourth-order valence-electron chi connectivity index (χ4n) is 2.55. The molecular weight excluding hydrogens is 426 g/mol. The third kappa shape index (κ3) is 4.74. The molecule has 0 aliphatic heterocycles. The standard InChI is InChI=1S/C18H17BrClNO5/c1-9-17(11(3)22)10(2)21-18(9)14(23)7-26-16(24)8-25-15-5-4-12(20)6-13(15)19/h4-6,21H,7-8H2,1-3H3. The number of rotatable bonds is 7. The van der Waals surface area contributed by atoms with E-state index in [4.69, 9.17) is 21.1 Å². The van der Waals surface area contributed by atoms with Crippen LogP contribution in [0, 0.1) is 13.8 Å². The Kier molecular flexibility index (Phi) is 6.61. The predicted octanol–water partition coefficient (Wildman–Crippen LogP) is 4.05. The zero-order chi connectivity index (χ0) is 19.4. The first kappa shape index (κ1) is 20.2. The van der Waals surface area contributed by atoms with Gasteiger partial charge in [-0.3, -0.25) is 9.59 Å². The summed E-state index contributed by atoms with van der Waals surface area (Å²) in [5, 5.41) is 0.527. The van der Waals surface area contributed by atoms with Gasteiger partial charge in [-0.15, -0.1) is 0 Å². The van der Waals surface area contributed by atoms with Crippen molar-refractivity contribution < 1.29 is 23.9 Å². The number of nitrogens with one attached hydrogen (secondary N) is 1. The molecule has 6 nitrogen and oxygen atoms in total. The van der Waals surface area contributed by atoms with Crippen molar-refractivity contribution in [2.75, 3.05) is 13.2 Å². The van der Waals surface area contributed by atoms with Crippen molar-refractivity contribution in [1.29, 1.82) is 0 Å². The van der Waals surface area contributed by atoms with E-state index in [0.717, 1.165) is 0 Å². The van der Waals surface area contributed by atoms with E-state index in [1.165, 1.54) is 6.92 Å². The van der Waals surface area contributed by atoms with Crippen LogP contribution in [0.1, 0.15) is 39.0 Å². The molecule has 1 heterocycles. The Morgan fingerprint density at radius 3 is 2.46 bits per heavy atom. The number of ether oxygens (including phenoxy) is 2. The zero-order valence-corrected chi connectivity index (χ0v) is 16.8. The molecule has 1 aromatic carbocycles. The molecule has 0 aliphatic carbocycles. The molecule has 138 valence electrons. The van der Waals surface area contributed by atoms with E-state index in [1.54, 1.807) is 32.0 Å². The summed E-state index contributed by atoms with van der Waals surface area (Å²) in [6, 6.07) is 4.87. The number of H-pyrrole nitrogens is 1. The molecule has 8 heteroatoms. The molecule has 2 aromatic rings. The van der Waals surface area contributed by atoms with Crippen molar-refractivity contribution in [3.05, 3.63) is 50.2 Å². The molecule has 2 rings (SSSR count). The average molecular weight is 443 g/mol. The molecule has 0 saturated carbocycles. The van der Waals surface area contributed by atoms with E-state index in [2.05, 4.69) is 20.9 Å². The minimum absolute atomic E-state index is 0.130. The van der Waals surface area contributed by atoms with Gasteiger partial charge in [-0.2, -0.15) is 0 Å². The minimum atomic E-state index is -0.687. The summed E-state index contributed by atoms with van der Waals surface area (Å²) in [6.45, 7) is 4.03. The van der Waals surface area contributed by atoms with Crippen LogP contribution in [0.5, 0.6) is 5.75 Å². The van der Waals surface area contributed by atoms with Gasteiger partial charge in [-0.25, -0.2) is 4.79 Å². The average Bonchev–Trinajstić information content (AvgIpc) is 2.86. The van der Waals surface area contributed by atoms with E-state index in [1.807, 2.05) is 0 Å². The maximum atomic E-state index is 12.2. The van der Waals surface area contributed by atoms with E-state index in [0.29, 0.717) is 32.1 Å². The molecule has 1 aromatic heterocycles. The Hall–Kier alpha value is -2.12. The van der Waals surface area contributed by atoms with Gasteiger partial charge < -0.3 is 14.5 Å². The lowest BCUT2D eigenvalue weighted by atomic mass is 10.1. The van der Waals surface area contributed by atoms with Crippen molar-refractivity contribution >= 4 is 45.1 Å². The summed E-state index contributed by atoms with van der Waals surface area (Å²) in [6.07, 6.45) is 0. The van der Waals surface area contributed by atoms with Gasteiger partial charge in [0.15, 0.2) is 19.0 Å². The first-order valence-electron chi connectivity index (χ1n) is 7.67. The molecule has 0 bridgehead atoms. The fraction of sp³-hybridized carbons (Fsp3) is 0.278. The lowest BCUT2D eigenvalue weighted by Crippen LogP contribution is -2.20. The molecule has 0 aliphatic rings. The number of halogens is 2. The Bertz CT molecular complexity index is 875. The largest absolute Gasteiger partial charge is 0.481 e. The third-order valence-electron chi connectivity index (χ3n) is 3.67. The van der Waals surface area contributed by atoms with E-state index in [-0.39, 0.29) is 18.1 Å². The molecule has 0 saturated heterocycles. The van der Waals surface area contributed by atoms with E-state index < -0.39 is 18.4 Å². The van der Waals surface area contributed by atoms with E-state index >= 15 is 0 Å². The monoisotopic (exact) mass is 441 g/mol. The number of carbonyl (C=O) groups is 3. The second-order valence-electron chi connectivity index (χ2n) is 5.63. The quantitative estimate of drug-likeness (QED) is 0.516. The molecule has 0 spiro atoms. The Labute approximate surface area is 163 Å². The van der Waals surface area contributed by atoms with Crippen molar-refractivity contribution in [3.63, 3.8) is 0 Å². The molecular formula is C18H17BrClNO5. The van der Waals surface area contributed by atoms with Crippen LogP contribution in [0.25, 0.3) is 0 Å². The van der Waals surface area contributed by atoms with Crippen LogP contribution in [0.15, 0.2) is 22.7 Å². The van der Waals surface area contributed by atoms with Gasteiger partial charge in [0.25, 0.3) is 0 Å². The van der Waals surface area contributed by atoms with Crippen LogP contribution >= 0.6 is 27.5 Å². The Morgan fingerprint density at radius 2 is 1.88 bits per heavy atom. The first-order chi connectivity index (χ1) is 12.2. The Balaban J connectivity index is 1.92. The molecule has 1 N–H and O–H groups in total. The van der Waals surface area contributed by atoms with Crippen molar-refractivity contribution in [2.45, 2.75) is 20.8 Å². The van der Waals surface area contributed by atoms with Crippen LogP contribution < -0.4 is 4.74 Å². The van der Waals surface area contributed by atoms with Gasteiger partial charge in [0.2, 0.25) is 5.78 Å². The summed E-state index contributed by atoms with van der Waals surface area (Å²) < 4.78 is 10.9.